The average Bonchev–Trinajstić information content (AvgIpc) is 2.05. The first-order valence-electron chi connectivity index (χ1n) is 3.71. The van der Waals surface area contributed by atoms with Crippen molar-refractivity contribution < 1.29 is 0 Å². The lowest BCUT2D eigenvalue weighted by molar-refractivity contribution is 0.641. The van der Waals surface area contributed by atoms with E-state index in [0.717, 1.165) is 5.82 Å². The molecule has 0 saturated carbocycles. The first-order valence-corrected chi connectivity index (χ1v) is 3.71. The van der Waals surface area contributed by atoms with Gasteiger partial charge in [0.25, 0.3) is 0 Å². The highest BCUT2D eigenvalue weighted by Crippen LogP contribution is 2.08. The Hall–Kier alpha value is -1.58. The van der Waals surface area contributed by atoms with Gasteiger partial charge in [-0.25, -0.2) is 4.99 Å². The number of nitrogens with one attached hydrogen (secondary N) is 2. The van der Waals surface area contributed by atoms with Crippen molar-refractivity contribution in [3.63, 3.8) is 0 Å². The van der Waals surface area contributed by atoms with E-state index in [1.165, 1.54) is 0 Å². The highest BCUT2D eigenvalue weighted by molar-refractivity contribution is 5.79. The normalized spacial score (nSPS) is 16.2. The molecule has 1 rings (SSSR count). The molecule has 1 heterocycles. The summed E-state index contributed by atoms with van der Waals surface area (Å²) in [6.07, 6.45) is 6.97. The van der Waals surface area contributed by atoms with Gasteiger partial charge in [-0.2, -0.15) is 0 Å². The molecule has 0 unspecified atom stereocenters. The molecular weight excluding hydrogens is 152 g/mol. The standard InChI is InChI=1S/C8H12N4/c1-3-11-8-6-10-4-5-12(8)7(2)9/h3-6,9-10H,1-2H3. The van der Waals surface area contributed by atoms with E-state index in [-0.39, 0.29) is 0 Å². The molecule has 0 bridgehead atoms. The lowest BCUT2D eigenvalue weighted by Gasteiger charge is -2.21. The monoisotopic (exact) mass is 164 g/mol. The molecule has 0 saturated heterocycles. The highest BCUT2D eigenvalue weighted by Gasteiger charge is 2.08. The minimum absolute atomic E-state index is 0.449. The van der Waals surface area contributed by atoms with Crippen molar-refractivity contribution in [1.29, 1.82) is 5.41 Å². The van der Waals surface area contributed by atoms with Crippen LogP contribution in [0.2, 0.25) is 0 Å². The molecule has 0 aromatic rings. The van der Waals surface area contributed by atoms with Gasteiger partial charge in [0, 0.05) is 24.8 Å². The zero-order chi connectivity index (χ0) is 8.97. The Morgan fingerprint density at radius 3 is 3.08 bits per heavy atom. The van der Waals surface area contributed by atoms with Crippen molar-refractivity contribution in [2.24, 2.45) is 4.99 Å². The second-order valence-electron chi connectivity index (χ2n) is 2.33. The summed E-state index contributed by atoms with van der Waals surface area (Å²) in [6.45, 7) is 3.56. The molecule has 4 nitrogen and oxygen atoms in total. The second-order valence-corrected chi connectivity index (χ2v) is 2.33. The fourth-order valence-electron chi connectivity index (χ4n) is 0.901. The minimum Gasteiger partial charge on any atom is -0.363 e. The van der Waals surface area contributed by atoms with E-state index >= 15 is 0 Å². The summed E-state index contributed by atoms with van der Waals surface area (Å²) >= 11 is 0. The quantitative estimate of drug-likeness (QED) is 0.452. The van der Waals surface area contributed by atoms with Gasteiger partial charge in [0.2, 0.25) is 0 Å². The lowest BCUT2D eigenvalue weighted by atomic mass is 10.4. The Bertz CT molecular complexity index is 262. The first-order chi connectivity index (χ1) is 5.75. The summed E-state index contributed by atoms with van der Waals surface area (Å²) in [5, 5.41) is 10.3. The maximum absolute atomic E-state index is 7.43. The van der Waals surface area contributed by atoms with E-state index in [1.54, 1.807) is 36.6 Å². The topological polar surface area (TPSA) is 51.5 Å². The van der Waals surface area contributed by atoms with Crippen molar-refractivity contribution in [2.45, 2.75) is 13.8 Å². The number of rotatable bonds is 1. The van der Waals surface area contributed by atoms with Crippen molar-refractivity contribution in [2.75, 3.05) is 0 Å². The van der Waals surface area contributed by atoms with Gasteiger partial charge < -0.3 is 5.32 Å². The van der Waals surface area contributed by atoms with Gasteiger partial charge in [-0.15, -0.1) is 0 Å². The number of aliphatic imine (C=N–C) groups is 1. The Labute approximate surface area is 71.8 Å². The van der Waals surface area contributed by atoms with Crippen LogP contribution in [0.5, 0.6) is 0 Å². The van der Waals surface area contributed by atoms with Crippen LogP contribution in [-0.4, -0.2) is 17.0 Å². The fourth-order valence-corrected chi connectivity index (χ4v) is 0.901. The van der Waals surface area contributed by atoms with Gasteiger partial charge in [-0.05, 0) is 13.8 Å². The molecule has 0 atom stereocenters. The minimum atomic E-state index is 0.449. The van der Waals surface area contributed by atoms with E-state index in [0.29, 0.717) is 5.84 Å². The number of amidine groups is 1. The van der Waals surface area contributed by atoms with Crippen LogP contribution in [0, 0.1) is 5.41 Å². The average molecular weight is 164 g/mol. The van der Waals surface area contributed by atoms with Gasteiger partial charge in [0.1, 0.15) is 5.84 Å². The predicted molar refractivity (Wildman–Crippen MR) is 49.8 cm³/mol. The zero-order valence-electron chi connectivity index (χ0n) is 7.20. The van der Waals surface area contributed by atoms with E-state index < -0.39 is 0 Å². The maximum Gasteiger partial charge on any atom is 0.153 e. The van der Waals surface area contributed by atoms with Gasteiger partial charge in [-0.3, -0.25) is 10.3 Å². The summed E-state index contributed by atoms with van der Waals surface area (Å²) in [6, 6.07) is 0. The number of nitrogens with zero attached hydrogens (tertiary/aromatic N) is 2. The zero-order valence-corrected chi connectivity index (χ0v) is 7.20. The van der Waals surface area contributed by atoms with E-state index in [2.05, 4.69) is 10.3 Å². The molecule has 0 fully saturated rings. The summed E-state index contributed by atoms with van der Waals surface area (Å²) in [5.74, 6) is 1.18. The largest absolute Gasteiger partial charge is 0.363 e. The molecule has 64 valence electrons. The molecule has 4 heteroatoms. The predicted octanol–water partition coefficient (Wildman–Crippen LogP) is 1.25. The molecular formula is C8H12N4. The van der Waals surface area contributed by atoms with Gasteiger partial charge >= 0.3 is 0 Å². The lowest BCUT2D eigenvalue weighted by Crippen LogP contribution is -2.25. The Kier molecular flexibility index (Phi) is 2.63. The van der Waals surface area contributed by atoms with Crippen LogP contribution in [0.15, 0.2) is 29.4 Å². The molecule has 12 heavy (non-hydrogen) atoms. The molecule has 0 aromatic heterocycles. The summed E-state index contributed by atoms with van der Waals surface area (Å²) in [5.41, 5.74) is 0. The van der Waals surface area contributed by atoms with Crippen LogP contribution in [0.4, 0.5) is 0 Å². The Morgan fingerprint density at radius 2 is 2.50 bits per heavy atom. The van der Waals surface area contributed by atoms with Crippen molar-refractivity contribution in [3.05, 3.63) is 24.4 Å². The molecule has 1 aliphatic heterocycles. The molecule has 0 spiro atoms. The van der Waals surface area contributed by atoms with Crippen molar-refractivity contribution >= 4 is 12.1 Å². The van der Waals surface area contributed by atoms with Crippen LogP contribution < -0.4 is 5.32 Å². The number of hydrogen-bond acceptors (Lipinski definition) is 3. The molecule has 0 radical (unpaired) electrons. The van der Waals surface area contributed by atoms with E-state index in [1.807, 2.05) is 6.92 Å². The van der Waals surface area contributed by atoms with Gasteiger partial charge in [0.15, 0.2) is 5.82 Å². The third-order valence-electron chi connectivity index (χ3n) is 1.40. The fraction of sp³-hybridized carbons (Fsp3) is 0.250. The van der Waals surface area contributed by atoms with Crippen LogP contribution >= 0.6 is 0 Å². The van der Waals surface area contributed by atoms with Gasteiger partial charge in [-0.1, -0.05) is 0 Å². The Morgan fingerprint density at radius 1 is 1.75 bits per heavy atom. The summed E-state index contributed by atoms with van der Waals surface area (Å²) in [7, 11) is 0. The van der Waals surface area contributed by atoms with Crippen LogP contribution in [0.1, 0.15) is 13.8 Å². The smallest absolute Gasteiger partial charge is 0.153 e. The SMILES string of the molecule is CC=NC1=CNC=CN1C(C)=N. The van der Waals surface area contributed by atoms with Crippen molar-refractivity contribution in [1.82, 2.24) is 10.2 Å². The van der Waals surface area contributed by atoms with Crippen LogP contribution in [0.25, 0.3) is 0 Å². The maximum atomic E-state index is 7.43. The van der Waals surface area contributed by atoms with Crippen LogP contribution in [0.3, 0.4) is 0 Å². The molecule has 0 aliphatic carbocycles. The third kappa shape index (κ3) is 1.72. The molecule has 2 N–H and O–H groups in total. The first kappa shape index (κ1) is 8.52. The van der Waals surface area contributed by atoms with E-state index in [9.17, 15) is 0 Å². The highest BCUT2D eigenvalue weighted by atomic mass is 15.3. The number of hydrogen-bond donors (Lipinski definition) is 2. The molecule has 0 aromatic carbocycles. The second kappa shape index (κ2) is 3.71. The van der Waals surface area contributed by atoms with Crippen molar-refractivity contribution in [3.8, 4) is 0 Å². The third-order valence-corrected chi connectivity index (χ3v) is 1.40. The Balaban J connectivity index is 2.82. The van der Waals surface area contributed by atoms with Crippen LogP contribution in [-0.2, 0) is 0 Å². The summed E-state index contributed by atoms with van der Waals surface area (Å²) in [4.78, 5) is 5.78. The summed E-state index contributed by atoms with van der Waals surface area (Å²) < 4.78 is 0. The van der Waals surface area contributed by atoms with E-state index in [4.69, 9.17) is 5.41 Å². The molecule has 1 aliphatic rings. The van der Waals surface area contributed by atoms with Gasteiger partial charge in [0.05, 0.1) is 0 Å². The molecule has 0 amide bonds.